The molecule has 0 amide bonds. The van der Waals surface area contributed by atoms with E-state index in [-0.39, 0.29) is 5.41 Å². The van der Waals surface area contributed by atoms with Crippen molar-refractivity contribution in [3.63, 3.8) is 0 Å². The molecule has 0 aromatic heterocycles. The van der Waals surface area contributed by atoms with Gasteiger partial charge in [0.05, 0.1) is 19.8 Å². The average molecular weight is 259 g/mol. The molecule has 2 saturated heterocycles. The molecule has 102 valence electrons. The number of nitrogens with one attached hydrogen (secondary N) is 1. The SMILES string of the molecule is c1cc2c(cc1C1(CC3CCNC3)COC1)CCO2. The van der Waals surface area contributed by atoms with Crippen LogP contribution < -0.4 is 10.1 Å². The predicted molar refractivity (Wildman–Crippen MR) is 73.7 cm³/mol. The lowest BCUT2D eigenvalue weighted by Crippen LogP contribution is -2.48. The van der Waals surface area contributed by atoms with Crippen LogP contribution in [0, 0.1) is 5.92 Å². The first kappa shape index (κ1) is 11.7. The molecule has 1 atom stereocenters. The van der Waals surface area contributed by atoms with E-state index in [0.717, 1.165) is 37.9 Å². The third kappa shape index (κ3) is 1.96. The Labute approximate surface area is 114 Å². The van der Waals surface area contributed by atoms with Gasteiger partial charge in [-0.15, -0.1) is 0 Å². The molecule has 3 aliphatic heterocycles. The minimum atomic E-state index is 0.272. The first-order chi connectivity index (χ1) is 9.36. The fourth-order valence-electron chi connectivity index (χ4n) is 3.71. The van der Waals surface area contributed by atoms with Crippen molar-refractivity contribution in [1.29, 1.82) is 0 Å². The van der Waals surface area contributed by atoms with Crippen molar-refractivity contribution >= 4 is 0 Å². The molecule has 0 spiro atoms. The summed E-state index contributed by atoms with van der Waals surface area (Å²) in [5.41, 5.74) is 3.12. The zero-order chi connectivity index (χ0) is 12.7. The number of benzene rings is 1. The first-order valence-corrected chi connectivity index (χ1v) is 7.40. The van der Waals surface area contributed by atoms with Crippen molar-refractivity contribution in [3.05, 3.63) is 29.3 Å². The number of hydrogen-bond acceptors (Lipinski definition) is 3. The molecule has 1 aromatic carbocycles. The van der Waals surface area contributed by atoms with Crippen LogP contribution in [-0.4, -0.2) is 32.9 Å². The summed E-state index contributed by atoms with van der Waals surface area (Å²) < 4.78 is 11.2. The van der Waals surface area contributed by atoms with Gasteiger partial charge >= 0.3 is 0 Å². The molecule has 3 heteroatoms. The minimum absolute atomic E-state index is 0.272. The Balaban J connectivity index is 1.60. The van der Waals surface area contributed by atoms with E-state index in [1.807, 2.05) is 0 Å². The normalized spacial score (nSPS) is 27.7. The molecule has 3 heterocycles. The lowest BCUT2D eigenvalue weighted by molar-refractivity contribution is -0.0706. The highest BCUT2D eigenvalue weighted by Gasteiger charge is 2.42. The van der Waals surface area contributed by atoms with Gasteiger partial charge in [-0.1, -0.05) is 12.1 Å². The van der Waals surface area contributed by atoms with Gasteiger partial charge < -0.3 is 14.8 Å². The standard InChI is InChI=1S/C16H21NO2/c1-2-15-13(4-6-19-15)7-14(1)16(10-18-11-16)8-12-3-5-17-9-12/h1-2,7,12,17H,3-6,8-11H2. The summed E-state index contributed by atoms with van der Waals surface area (Å²) in [6.45, 7) is 4.98. The predicted octanol–water partition coefficient (Wildman–Crippen LogP) is 1.89. The fourth-order valence-corrected chi connectivity index (χ4v) is 3.71. The fraction of sp³-hybridized carbons (Fsp3) is 0.625. The third-order valence-corrected chi connectivity index (χ3v) is 4.90. The number of hydrogen-bond donors (Lipinski definition) is 1. The number of rotatable bonds is 3. The van der Waals surface area contributed by atoms with Crippen LogP contribution in [0.25, 0.3) is 0 Å². The largest absolute Gasteiger partial charge is 0.493 e. The Bertz CT molecular complexity index is 476. The van der Waals surface area contributed by atoms with Crippen LogP contribution in [0.3, 0.4) is 0 Å². The number of ether oxygens (including phenoxy) is 2. The number of fused-ring (bicyclic) bond motifs is 1. The van der Waals surface area contributed by atoms with Gasteiger partial charge in [-0.2, -0.15) is 0 Å². The van der Waals surface area contributed by atoms with Crippen molar-refractivity contribution in [3.8, 4) is 5.75 Å². The van der Waals surface area contributed by atoms with E-state index in [9.17, 15) is 0 Å². The van der Waals surface area contributed by atoms with Crippen LogP contribution in [0.5, 0.6) is 5.75 Å². The Kier molecular flexibility index (Phi) is 2.78. The van der Waals surface area contributed by atoms with Gasteiger partial charge in [-0.3, -0.25) is 0 Å². The van der Waals surface area contributed by atoms with Crippen molar-refractivity contribution in [2.24, 2.45) is 5.92 Å². The molecule has 0 bridgehead atoms. The molecule has 2 fully saturated rings. The van der Waals surface area contributed by atoms with E-state index in [1.165, 1.54) is 37.1 Å². The van der Waals surface area contributed by atoms with Gasteiger partial charge in [0.25, 0.3) is 0 Å². The smallest absolute Gasteiger partial charge is 0.122 e. The van der Waals surface area contributed by atoms with E-state index in [2.05, 4.69) is 23.5 Å². The maximum absolute atomic E-state index is 5.61. The molecular formula is C16H21NO2. The van der Waals surface area contributed by atoms with E-state index < -0.39 is 0 Å². The van der Waals surface area contributed by atoms with Crippen molar-refractivity contribution in [1.82, 2.24) is 5.32 Å². The van der Waals surface area contributed by atoms with Gasteiger partial charge in [-0.25, -0.2) is 0 Å². The van der Waals surface area contributed by atoms with Crippen LogP contribution in [-0.2, 0) is 16.6 Å². The zero-order valence-electron chi connectivity index (χ0n) is 11.3. The molecular weight excluding hydrogens is 238 g/mol. The minimum Gasteiger partial charge on any atom is -0.493 e. The zero-order valence-corrected chi connectivity index (χ0v) is 11.3. The molecule has 3 aliphatic rings. The van der Waals surface area contributed by atoms with Crippen LogP contribution >= 0.6 is 0 Å². The summed E-state index contributed by atoms with van der Waals surface area (Å²) in [6, 6.07) is 6.78. The summed E-state index contributed by atoms with van der Waals surface area (Å²) in [4.78, 5) is 0. The quantitative estimate of drug-likeness (QED) is 0.899. The average Bonchev–Trinajstić information content (AvgIpc) is 3.04. The van der Waals surface area contributed by atoms with Crippen LogP contribution in [0.1, 0.15) is 24.0 Å². The van der Waals surface area contributed by atoms with Gasteiger partial charge in [0, 0.05) is 11.8 Å². The molecule has 0 saturated carbocycles. The molecule has 1 aromatic rings. The van der Waals surface area contributed by atoms with Gasteiger partial charge in [0.2, 0.25) is 0 Å². The van der Waals surface area contributed by atoms with E-state index >= 15 is 0 Å². The molecule has 0 aliphatic carbocycles. The van der Waals surface area contributed by atoms with Crippen LogP contribution in [0.15, 0.2) is 18.2 Å². The molecule has 1 unspecified atom stereocenters. The Morgan fingerprint density at radius 1 is 1.32 bits per heavy atom. The summed E-state index contributed by atoms with van der Waals surface area (Å²) >= 11 is 0. The molecule has 4 rings (SSSR count). The van der Waals surface area contributed by atoms with Gasteiger partial charge in [-0.05, 0) is 49.0 Å². The van der Waals surface area contributed by atoms with E-state index in [0.29, 0.717) is 0 Å². The van der Waals surface area contributed by atoms with Crippen LogP contribution in [0.2, 0.25) is 0 Å². The molecule has 19 heavy (non-hydrogen) atoms. The van der Waals surface area contributed by atoms with Gasteiger partial charge in [0.15, 0.2) is 0 Å². The lowest BCUT2D eigenvalue weighted by Gasteiger charge is -2.43. The molecule has 1 N–H and O–H groups in total. The Hall–Kier alpha value is -1.06. The van der Waals surface area contributed by atoms with E-state index in [4.69, 9.17) is 9.47 Å². The highest BCUT2D eigenvalue weighted by atomic mass is 16.5. The topological polar surface area (TPSA) is 30.5 Å². The second-order valence-electron chi connectivity index (χ2n) is 6.26. The van der Waals surface area contributed by atoms with Crippen molar-refractivity contribution < 1.29 is 9.47 Å². The maximum atomic E-state index is 5.61. The Morgan fingerprint density at radius 3 is 3.00 bits per heavy atom. The lowest BCUT2D eigenvalue weighted by atomic mass is 9.71. The molecule has 3 nitrogen and oxygen atoms in total. The third-order valence-electron chi connectivity index (χ3n) is 4.90. The van der Waals surface area contributed by atoms with E-state index in [1.54, 1.807) is 0 Å². The Morgan fingerprint density at radius 2 is 2.26 bits per heavy atom. The summed E-state index contributed by atoms with van der Waals surface area (Å²) in [6.07, 6.45) is 3.64. The summed E-state index contributed by atoms with van der Waals surface area (Å²) in [7, 11) is 0. The summed E-state index contributed by atoms with van der Waals surface area (Å²) in [5.74, 6) is 1.90. The summed E-state index contributed by atoms with van der Waals surface area (Å²) in [5, 5.41) is 3.48. The van der Waals surface area contributed by atoms with Crippen LogP contribution in [0.4, 0.5) is 0 Å². The monoisotopic (exact) mass is 259 g/mol. The van der Waals surface area contributed by atoms with Crippen molar-refractivity contribution in [2.45, 2.75) is 24.7 Å². The second kappa shape index (κ2) is 4.50. The maximum Gasteiger partial charge on any atom is 0.122 e. The first-order valence-electron chi connectivity index (χ1n) is 7.40. The highest BCUT2D eigenvalue weighted by Crippen LogP contribution is 2.41. The second-order valence-corrected chi connectivity index (χ2v) is 6.26. The highest BCUT2D eigenvalue weighted by molar-refractivity contribution is 5.43. The molecule has 0 radical (unpaired) electrons. The van der Waals surface area contributed by atoms with Crippen molar-refractivity contribution in [2.75, 3.05) is 32.9 Å². The van der Waals surface area contributed by atoms with Gasteiger partial charge in [0.1, 0.15) is 5.75 Å².